The van der Waals surface area contributed by atoms with Crippen molar-refractivity contribution in [3.8, 4) is 0 Å². The predicted molar refractivity (Wildman–Crippen MR) is 82.4 cm³/mol. The first-order valence-electron chi connectivity index (χ1n) is 6.90. The van der Waals surface area contributed by atoms with Gasteiger partial charge >= 0.3 is 12.0 Å². The van der Waals surface area contributed by atoms with Crippen molar-refractivity contribution in [2.75, 3.05) is 7.05 Å². The molecule has 116 valence electrons. The minimum atomic E-state index is -0.914. The Morgan fingerprint density at radius 2 is 2.05 bits per heavy atom. The number of carboxylic acid groups (broad SMARTS) is 1. The standard InChI is InChI=1S/C15H21ClN2O3/c1-3-6-12(9-14(19)20)17-15(21)18(2)10-11-7-4-5-8-13(11)16/h4-5,7-8,12H,3,6,9-10H2,1-2H3,(H,17,21)(H,19,20)/t12-/m1/s1. The minimum Gasteiger partial charge on any atom is -0.481 e. The molecule has 21 heavy (non-hydrogen) atoms. The molecule has 1 aromatic rings. The number of nitrogens with one attached hydrogen (secondary N) is 1. The van der Waals surface area contributed by atoms with Gasteiger partial charge in [-0.25, -0.2) is 4.79 Å². The van der Waals surface area contributed by atoms with Crippen LogP contribution in [-0.4, -0.2) is 35.1 Å². The third kappa shape index (κ3) is 6.04. The maximum absolute atomic E-state index is 12.1. The number of benzene rings is 1. The van der Waals surface area contributed by atoms with Crippen molar-refractivity contribution in [2.24, 2.45) is 0 Å². The van der Waals surface area contributed by atoms with Crippen molar-refractivity contribution in [3.63, 3.8) is 0 Å². The van der Waals surface area contributed by atoms with Crippen LogP contribution in [0.1, 0.15) is 31.7 Å². The summed E-state index contributed by atoms with van der Waals surface area (Å²) in [7, 11) is 1.66. The van der Waals surface area contributed by atoms with Crippen molar-refractivity contribution in [2.45, 2.75) is 38.8 Å². The van der Waals surface area contributed by atoms with E-state index >= 15 is 0 Å². The third-order valence-corrected chi connectivity index (χ3v) is 3.47. The van der Waals surface area contributed by atoms with Crippen LogP contribution in [-0.2, 0) is 11.3 Å². The second-order valence-corrected chi connectivity index (χ2v) is 5.39. The average molecular weight is 313 g/mol. The molecule has 0 heterocycles. The molecule has 1 aromatic carbocycles. The molecule has 0 aromatic heterocycles. The lowest BCUT2D eigenvalue weighted by Crippen LogP contribution is -2.43. The maximum Gasteiger partial charge on any atom is 0.317 e. The van der Waals surface area contributed by atoms with Gasteiger partial charge in [-0.1, -0.05) is 43.1 Å². The zero-order valence-electron chi connectivity index (χ0n) is 12.3. The van der Waals surface area contributed by atoms with Gasteiger partial charge in [-0.3, -0.25) is 4.79 Å². The summed E-state index contributed by atoms with van der Waals surface area (Å²) in [5, 5.41) is 12.2. The number of nitrogens with zero attached hydrogens (tertiary/aromatic N) is 1. The van der Waals surface area contributed by atoms with Crippen LogP contribution in [0.3, 0.4) is 0 Å². The van der Waals surface area contributed by atoms with Crippen LogP contribution in [0.5, 0.6) is 0 Å². The number of halogens is 1. The number of urea groups is 1. The first kappa shape index (κ1) is 17.3. The van der Waals surface area contributed by atoms with E-state index in [4.69, 9.17) is 16.7 Å². The quantitative estimate of drug-likeness (QED) is 0.812. The van der Waals surface area contributed by atoms with Gasteiger partial charge in [0.15, 0.2) is 0 Å². The average Bonchev–Trinajstić information content (AvgIpc) is 2.40. The number of hydrogen-bond acceptors (Lipinski definition) is 2. The summed E-state index contributed by atoms with van der Waals surface area (Å²) in [6.07, 6.45) is 1.38. The van der Waals surface area contributed by atoms with Crippen LogP contribution in [0.25, 0.3) is 0 Å². The second-order valence-electron chi connectivity index (χ2n) is 4.98. The van der Waals surface area contributed by atoms with E-state index in [1.807, 2.05) is 25.1 Å². The number of carbonyl (C=O) groups is 2. The highest BCUT2D eigenvalue weighted by Crippen LogP contribution is 2.16. The zero-order valence-corrected chi connectivity index (χ0v) is 13.1. The molecule has 0 radical (unpaired) electrons. The summed E-state index contributed by atoms with van der Waals surface area (Å²) in [5.41, 5.74) is 0.849. The van der Waals surface area contributed by atoms with Gasteiger partial charge in [0, 0.05) is 24.7 Å². The second kappa shape index (κ2) is 8.52. The van der Waals surface area contributed by atoms with E-state index in [1.165, 1.54) is 4.90 Å². The van der Waals surface area contributed by atoms with E-state index in [1.54, 1.807) is 13.1 Å². The van der Waals surface area contributed by atoms with Crippen molar-refractivity contribution < 1.29 is 14.7 Å². The third-order valence-electron chi connectivity index (χ3n) is 3.10. The van der Waals surface area contributed by atoms with Crippen LogP contribution in [0, 0.1) is 0 Å². The lowest BCUT2D eigenvalue weighted by Gasteiger charge is -2.23. The molecule has 2 amide bonds. The summed E-state index contributed by atoms with van der Waals surface area (Å²) in [4.78, 5) is 24.4. The Hall–Kier alpha value is -1.75. The summed E-state index contributed by atoms with van der Waals surface area (Å²) in [5.74, 6) is -0.914. The van der Waals surface area contributed by atoms with Gasteiger partial charge < -0.3 is 15.3 Å². The molecule has 1 rings (SSSR count). The lowest BCUT2D eigenvalue weighted by atomic mass is 10.1. The van der Waals surface area contributed by atoms with Gasteiger partial charge in [-0.15, -0.1) is 0 Å². The van der Waals surface area contributed by atoms with Crippen LogP contribution in [0.15, 0.2) is 24.3 Å². The molecule has 2 N–H and O–H groups in total. The fourth-order valence-corrected chi connectivity index (χ4v) is 2.22. The molecule has 5 nitrogen and oxygen atoms in total. The molecule has 1 atom stereocenters. The number of rotatable bonds is 7. The van der Waals surface area contributed by atoms with Crippen molar-refractivity contribution in [1.29, 1.82) is 0 Å². The fraction of sp³-hybridized carbons (Fsp3) is 0.467. The normalized spacial score (nSPS) is 11.8. The van der Waals surface area contributed by atoms with E-state index in [0.29, 0.717) is 18.0 Å². The van der Waals surface area contributed by atoms with Gasteiger partial charge in [0.1, 0.15) is 0 Å². The molecular formula is C15H21ClN2O3. The Balaban J connectivity index is 2.60. The summed E-state index contributed by atoms with van der Waals surface area (Å²) in [6.45, 7) is 2.33. The fourth-order valence-electron chi connectivity index (χ4n) is 2.02. The highest BCUT2D eigenvalue weighted by Gasteiger charge is 2.18. The van der Waals surface area contributed by atoms with E-state index < -0.39 is 5.97 Å². The van der Waals surface area contributed by atoms with Gasteiger partial charge in [0.25, 0.3) is 0 Å². The largest absolute Gasteiger partial charge is 0.481 e. The highest BCUT2D eigenvalue weighted by atomic mass is 35.5. The molecule has 0 aliphatic heterocycles. The van der Waals surface area contributed by atoms with E-state index in [-0.39, 0.29) is 18.5 Å². The van der Waals surface area contributed by atoms with Crippen molar-refractivity contribution >= 4 is 23.6 Å². The summed E-state index contributed by atoms with van der Waals surface area (Å²) >= 11 is 6.06. The van der Waals surface area contributed by atoms with Gasteiger partial charge in [0.05, 0.1) is 6.42 Å². The summed E-state index contributed by atoms with van der Waals surface area (Å²) < 4.78 is 0. The van der Waals surface area contributed by atoms with Gasteiger partial charge in [0.2, 0.25) is 0 Å². The molecule has 0 saturated carbocycles. The number of hydrogen-bond donors (Lipinski definition) is 2. The Labute approximate surface area is 129 Å². The van der Waals surface area contributed by atoms with Crippen LogP contribution < -0.4 is 5.32 Å². The first-order valence-corrected chi connectivity index (χ1v) is 7.28. The van der Waals surface area contributed by atoms with E-state index in [0.717, 1.165) is 12.0 Å². The molecule has 0 aliphatic rings. The molecular weight excluding hydrogens is 292 g/mol. The molecule has 0 unspecified atom stereocenters. The molecule has 0 aliphatic carbocycles. The molecule has 0 saturated heterocycles. The number of carbonyl (C=O) groups excluding carboxylic acids is 1. The topological polar surface area (TPSA) is 69.6 Å². The first-order chi connectivity index (χ1) is 9.93. The van der Waals surface area contributed by atoms with Crippen LogP contribution >= 0.6 is 11.6 Å². The van der Waals surface area contributed by atoms with Crippen LogP contribution in [0.2, 0.25) is 5.02 Å². The maximum atomic E-state index is 12.1. The van der Waals surface area contributed by atoms with Gasteiger partial charge in [-0.2, -0.15) is 0 Å². The van der Waals surface area contributed by atoms with Crippen molar-refractivity contribution in [1.82, 2.24) is 10.2 Å². The molecule has 0 fully saturated rings. The Kier molecular flexibility index (Phi) is 7.02. The Morgan fingerprint density at radius 3 is 2.62 bits per heavy atom. The van der Waals surface area contributed by atoms with Crippen molar-refractivity contribution in [3.05, 3.63) is 34.9 Å². The summed E-state index contributed by atoms with van der Waals surface area (Å²) in [6, 6.07) is 6.66. The number of amides is 2. The zero-order chi connectivity index (χ0) is 15.8. The smallest absolute Gasteiger partial charge is 0.317 e. The Bertz CT molecular complexity index is 494. The van der Waals surface area contributed by atoms with E-state index in [9.17, 15) is 9.59 Å². The van der Waals surface area contributed by atoms with Crippen LogP contribution in [0.4, 0.5) is 4.79 Å². The monoisotopic (exact) mass is 312 g/mol. The number of aliphatic carboxylic acids is 1. The van der Waals surface area contributed by atoms with E-state index in [2.05, 4.69) is 5.32 Å². The minimum absolute atomic E-state index is 0.0699. The number of carboxylic acids is 1. The molecule has 0 bridgehead atoms. The highest BCUT2D eigenvalue weighted by molar-refractivity contribution is 6.31. The molecule has 0 spiro atoms. The van der Waals surface area contributed by atoms with Gasteiger partial charge in [-0.05, 0) is 18.1 Å². The lowest BCUT2D eigenvalue weighted by molar-refractivity contribution is -0.137. The molecule has 6 heteroatoms. The Morgan fingerprint density at radius 1 is 1.38 bits per heavy atom. The SMILES string of the molecule is CCC[C@H](CC(=O)O)NC(=O)N(C)Cc1ccccc1Cl. The predicted octanol–water partition coefficient (Wildman–Crippen LogP) is 3.12.